The van der Waals surface area contributed by atoms with Gasteiger partial charge < -0.3 is 4.84 Å². The average Bonchev–Trinajstić information content (AvgIpc) is 2.43. The first-order chi connectivity index (χ1) is 10.9. The van der Waals surface area contributed by atoms with Crippen molar-refractivity contribution in [2.75, 3.05) is 11.3 Å². The van der Waals surface area contributed by atoms with E-state index in [1.54, 1.807) is 0 Å². The van der Waals surface area contributed by atoms with Crippen molar-refractivity contribution in [3.8, 4) is 0 Å². The lowest BCUT2D eigenvalue weighted by atomic mass is 10.1. The first-order valence-corrected chi connectivity index (χ1v) is 8.62. The predicted molar refractivity (Wildman–Crippen MR) is 88.0 cm³/mol. The summed E-state index contributed by atoms with van der Waals surface area (Å²) in [6, 6.07) is 3.54. The molecule has 1 aromatic carbocycles. The quantitative estimate of drug-likeness (QED) is 0.409. The van der Waals surface area contributed by atoms with Crippen molar-refractivity contribution >= 4 is 56.2 Å². The van der Waals surface area contributed by atoms with Crippen LogP contribution in [0.15, 0.2) is 33.9 Å². The molecule has 1 aromatic rings. The first kappa shape index (κ1) is 20.9. The number of benzene rings is 1. The van der Waals surface area contributed by atoms with Gasteiger partial charge in [0, 0.05) is 10.6 Å². The zero-order valence-electron chi connectivity index (χ0n) is 11.9. The van der Waals surface area contributed by atoms with E-state index >= 15 is 0 Å². The molecule has 0 aromatic heterocycles. The van der Waals surface area contributed by atoms with Gasteiger partial charge in [-0.25, -0.2) is 0 Å². The summed E-state index contributed by atoms with van der Waals surface area (Å²) >= 11 is 16.5. The van der Waals surface area contributed by atoms with E-state index < -0.39 is 15.5 Å². The summed E-state index contributed by atoms with van der Waals surface area (Å²) in [6.07, 6.45) is 1.28. The van der Waals surface area contributed by atoms with Crippen LogP contribution in [0.5, 0.6) is 0 Å². The topological polar surface area (TPSA) is 67.8 Å². The molecule has 5 nitrogen and oxygen atoms in total. The zero-order chi connectivity index (χ0) is 18.5. The van der Waals surface area contributed by atoms with Gasteiger partial charge in [0.25, 0.3) is 0 Å². The van der Waals surface area contributed by atoms with Crippen LogP contribution in [0.3, 0.4) is 0 Å². The molecule has 0 aliphatic heterocycles. The summed E-state index contributed by atoms with van der Waals surface area (Å²) in [5.74, 6) is 0. The largest absolute Gasteiger partial charge is 0.516 e. The highest BCUT2D eigenvalue weighted by molar-refractivity contribution is 7.93. The Morgan fingerprint density at radius 3 is 2.54 bits per heavy atom. The van der Waals surface area contributed by atoms with E-state index in [1.807, 2.05) is 0 Å². The lowest BCUT2D eigenvalue weighted by Gasteiger charge is -2.14. The molecular weight excluding hydrogens is 416 g/mol. The second-order valence-corrected chi connectivity index (χ2v) is 7.33. The number of sulfonamides is 1. The molecule has 134 valence electrons. The van der Waals surface area contributed by atoms with E-state index in [-0.39, 0.29) is 33.1 Å². The van der Waals surface area contributed by atoms with Gasteiger partial charge in [0.1, 0.15) is 11.1 Å². The molecule has 0 saturated carbocycles. The summed E-state index contributed by atoms with van der Waals surface area (Å²) < 4.78 is 61.3. The van der Waals surface area contributed by atoms with Crippen LogP contribution >= 0.6 is 34.8 Å². The van der Waals surface area contributed by atoms with Gasteiger partial charge in [-0.15, -0.1) is 0 Å². The van der Waals surface area contributed by atoms with Crippen LogP contribution in [0, 0.1) is 0 Å². The normalized spacial score (nSPS) is 12.7. The molecule has 24 heavy (non-hydrogen) atoms. The van der Waals surface area contributed by atoms with Gasteiger partial charge >= 0.3 is 15.5 Å². The predicted octanol–water partition coefficient (Wildman–Crippen LogP) is 4.66. The maximum atomic E-state index is 12.5. The number of nitrogens with zero attached hydrogens (tertiary/aromatic N) is 1. The highest BCUT2D eigenvalue weighted by Gasteiger charge is 2.46. The van der Waals surface area contributed by atoms with Crippen molar-refractivity contribution in [2.24, 2.45) is 5.16 Å². The van der Waals surface area contributed by atoms with Crippen LogP contribution in [-0.4, -0.2) is 26.2 Å². The summed E-state index contributed by atoms with van der Waals surface area (Å²) in [7, 11) is -5.59. The molecule has 0 unspecified atom stereocenters. The molecule has 0 radical (unpaired) electrons. The van der Waals surface area contributed by atoms with E-state index in [0.29, 0.717) is 0 Å². The van der Waals surface area contributed by atoms with Gasteiger partial charge in [0.2, 0.25) is 0 Å². The maximum absolute atomic E-state index is 12.5. The fourth-order valence-electron chi connectivity index (χ4n) is 1.39. The molecule has 0 fully saturated rings. The van der Waals surface area contributed by atoms with Crippen molar-refractivity contribution in [2.45, 2.75) is 12.4 Å². The van der Waals surface area contributed by atoms with Crippen LogP contribution in [-0.2, 0) is 14.9 Å². The van der Waals surface area contributed by atoms with Crippen molar-refractivity contribution < 1.29 is 26.4 Å². The zero-order valence-corrected chi connectivity index (χ0v) is 14.9. The van der Waals surface area contributed by atoms with Crippen LogP contribution in [0.4, 0.5) is 18.9 Å². The molecule has 0 bridgehead atoms. The first-order valence-electron chi connectivity index (χ1n) is 6.01. The van der Waals surface area contributed by atoms with Gasteiger partial charge in [0.05, 0.1) is 11.4 Å². The Labute approximate surface area is 151 Å². The van der Waals surface area contributed by atoms with Crippen molar-refractivity contribution in [3.05, 3.63) is 39.4 Å². The molecule has 0 atom stereocenters. The molecule has 0 amide bonds. The number of anilines is 1. The lowest BCUT2D eigenvalue weighted by molar-refractivity contribution is -0.0429. The van der Waals surface area contributed by atoms with E-state index in [2.05, 4.69) is 5.16 Å². The number of hydrogen-bond donors (Lipinski definition) is 1. The maximum Gasteiger partial charge on any atom is 0.516 e. The van der Waals surface area contributed by atoms with Crippen LogP contribution in [0.1, 0.15) is 12.5 Å². The second-order valence-electron chi connectivity index (χ2n) is 4.21. The third-order valence-electron chi connectivity index (χ3n) is 2.43. The third-order valence-corrected chi connectivity index (χ3v) is 4.08. The molecule has 1 rings (SSSR count). The smallest absolute Gasteiger partial charge is 0.391 e. The standard InChI is InChI=1S/C12H10Cl3F3N2O3S/c1-7(19-23-5-4-11(14)15)9-6-8(13)2-3-10(9)20-24(21,22)12(16,17)18/h2-4,6,20H,5H2,1H3/b19-7+. The number of oxime groups is 1. The Hall–Kier alpha value is -1.16. The minimum absolute atomic E-state index is 0.0104. The van der Waals surface area contributed by atoms with Gasteiger partial charge in [-0.1, -0.05) is 40.0 Å². The molecule has 0 heterocycles. The van der Waals surface area contributed by atoms with Crippen LogP contribution < -0.4 is 4.72 Å². The van der Waals surface area contributed by atoms with Gasteiger partial charge in [-0.3, -0.25) is 4.72 Å². The Morgan fingerprint density at radius 2 is 2.00 bits per heavy atom. The Morgan fingerprint density at radius 1 is 1.38 bits per heavy atom. The Balaban J connectivity index is 3.13. The van der Waals surface area contributed by atoms with E-state index in [1.165, 1.54) is 29.9 Å². The fourth-order valence-corrected chi connectivity index (χ4v) is 2.27. The highest BCUT2D eigenvalue weighted by atomic mass is 35.5. The molecule has 1 N–H and O–H groups in total. The molecule has 0 aliphatic rings. The summed E-state index contributed by atoms with van der Waals surface area (Å²) in [5, 5.41) is 3.81. The van der Waals surface area contributed by atoms with Crippen LogP contribution in [0.25, 0.3) is 0 Å². The number of alkyl halides is 3. The molecule has 0 aliphatic carbocycles. The average molecular weight is 426 g/mol. The SMILES string of the molecule is C/C(=N\OCC=C(Cl)Cl)c1cc(Cl)ccc1NS(=O)(=O)C(F)(F)F. The van der Waals surface area contributed by atoms with Gasteiger partial charge in [-0.2, -0.15) is 21.6 Å². The third kappa shape index (κ3) is 6.04. The monoisotopic (exact) mass is 424 g/mol. The lowest BCUT2D eigenvalue weighted by Crippen LogP contribution is -2.30. The van der Waals surface area contributed by atoms with Crippen molar-refractivity contribution in [1.82, 2.24) is 0 Å². The minimum atomic E-state index is -5.59. The molecular formula is C12H10Cl3F3N2O3S. The highest BCUT2D eigenvalue weighted by Crippen LogP contribution is 2.28. The number of hydrogen-bond acceptors (Lipinski definition) is 4. The fraction of sp³-hybridized carbons (Fsp3) is 0.250. The van der Waals surface area contributed by atoms with Crippen molar-refractivity contribution in [3.63, 3.8) is 0 Å². The Bertz CT molecular complexity index is 761. The summed E-state index contributed by atoms with van der Waals surface area (Å²) in [5.41, 5.74) is -5.73. The summed E-state index contributed by atoms with van der Waals surface area (Å²) in [4.78, 5) is 4.85. The second kappa shape index (κ2) is 8.28. The molecule has 0 spiro atoms. The number of nitrogens with one attached hydrogen (secondary N) is 1. The summed E-state index contributed by atoms with van der Waals surface area (Å²) in [6.45, 7) is 1.30. The van der Waals surface area contributed by atoms with E-state index in [9.17, 15) is 21.6 Å². The van der Waals surface area contributed by atoms with E-state index in [4.69, 9.17) is 39.6 Å². The van der Waals surface area contributed by atoms with Gasteiger partial charge in [0.15, 0.2) is 0 Å². The number of halogens is 6. The van der Waals surface area contributed by atoms with Gasteiger partial charge in [-0.05, 0) is 31.2 Å². The van der Waals surface area contributed by atoms with Crippen molar-refractivity contribution in [1.29, 1.82) is 0 Å². The minimum Gasteiger partial charge on any atom is -0.391 e. The molecule has 12 heteroatoms. The van der Waals surface area contributed by atoms with Crippen LogP contribution in [0.2, 0.25) is 5.02 Å². The van der Waals surface area contributed by atoms with E-state index in [0.717, 1.165) is 6.07 Å². The Kier molecular flexibility index (Phi) is 7.21. The number of rotatable bonds is 6. The molecule has 0 saturated heterocycles.